The quantitative estimate of drug-likeness (QED) is 0.845. The summed E-state index contributed by atoms with van der Waals surface area (Å²) < 4.78 is 38.2. The van der Waals surface area contributed by atoms with Crippen LogP contribution in [0.4, 0.5) is 19.1 Å². The minimum Gasteiger partial charge on any atom is -0.369 e. The van der Waals surface area contributed by atoms with E-state index in [0.717, 1.165) is 4.57 Å². The molecule has 0 fully saturated rings. The Morgan fingerprint density at radius 3 is 2.28 bits per heavy atom. The van der Waals surface area contributed by atoms with Gasteiger partial charge in [-0.1, -0.05) is 18.2 Å². The number of anilines is 1. The molecular formula is C11H8F3N3O. The molecule has 0 atom stereocenters. The predicted molar refractivity (Wildman–Crippen MR) is 59.2 cm³/mol. The van der Waals surface area contributed by atoms with Gasteiger partial charge in [-0.05, 0) is 12.1 Å². The van der Waals surface area contributed by atoms with Crippen LogP contribution in [0.2, 0.25) is 0 Å². The fraction of sp³-hybridized carbons (Fsp3) is 0.0909. The second kappa shape index (κ2) is 4.17. The molecule has 1 aromatic carbocycles. The van der Waals surface area contributed by atoms with Gasteiger partial charge in [0.2, 0.25) is 5.95 Å². The van der Waals surface area contributed by atoms with E-state index in [-0.39, 0.29) is 0 Å². The lowest BCUT2D eigenvalue weighted by Crippen LogP contribution is -2.25. The number of halogens is 3. The van der Waals surface area contributed by atoms with Crippen LogP contribution in [0.5, 0.6) is 0 Å². The molecule has 0 unspecified atom stereocenters. The maximum atomic E-state index is 12.4. The molecule has 7 heteroatoms. The number of rotatable bonds is 1. The molecular weight excluding hydrogens is 247 g/mol. The van der Waals surface area contributed by atoms with Crippen LogP contribution >= 0.6 is 0 Å². The van der Waals surface area contributed by atoms with Crippen molar-refractivity contribution in [1.82, 2.24) is 9.55 Å². The Hall–Kier alpha value is -2.31. The number of hydrogen-bond acceptors (Lipinski definition) is 3. The summed E-state index contributed by atoms with van der Waals surface area (Å²) in [7, 11) is 0. The first-order valence-electron chi connectivity index (χ1n) is 4.92. The molecule has 0 bridgehead atoms. The number of nitrogens with two attached hydrogens (primary N) is 1. The van der Waals surface area contributed by atoms with Gasteiger partial charge >= 0.3 is 6.18 Å². The summed E-state index contributed by atoms with van der Waals surface area (Å²) in [6.07, 6.45) is -4.69. The summed E-state index contributed by atoms with van der Waals surface area (Å²) in [4.78, 5) is 14.8. The zero-order valence-electron chi connectivity index (χ0n) is 8.98. The third-order valence-corrected chi connectivity index (χ3v) is 2.25. The zero-order chi connectivity index (χ0) is 13.3. The lowest BCUT2D eigenvalue weighted by Gasteiger charge is -2.11. The molecule has 0 spiro atoms. The van der Waals surface area contributed by atoms with Gasteiger partial charge in [0.1, 0.15) is 0 Å². The van der Waals surface area contributed by atoms with Crippen LogP contribution in [-0.2, 0) is 6.18 Å². The number of nitrogen functional groups attached to an aromatic ring is 1. The molecule has 0 radical (unpaired) electrons. The van der Waals surface area contributed by atoms with Crippen molar-refractivity contribution in [2.45, 2.75) is 6.18 Å². The van der Waals surface area contributed by atoms with Crippen LogP contribution < -0.4 is 11.3 Å². The SMILES string of the molecule is Nc1nc(C(F)(F)F)cc(=O)n1-c1ccccc1. The number of benzene rings is 1. The van der Waals surface area contributed by atoms with Crippen LogP contribution in [0.1, 0.15) is 5.69 Å². The smallest absolute Gasteiger partial charge is 0.369 e. The van der Waals surface area contributed by atoms with Gasteiger partial charge in [0.15, 0.2) is 5.69 Å². The molecule has 2 N–H and O–H groups in total. The van der Waals surface area contributed by atoms with Crippen LogP contribution in [-0.4, -0.2) is 9.55 Å². The third-order valence-electron chi connectivity index (χ3n) is 2.25. The molecule has 0 aliphatic heterocycles. The van der Waals surface area contributed by atoms with Crippen molar-refractivity contribution < 1.29 is 13.2 Å². The number of para-hydroxylation sites is 1. The van der Waals surface area contributed by atoms with E-state index in [9.17, 15) is 18.0 Å². The largest absolute Gasteiger partial charge is 0.433 e. The molecule has 4 nitrogen and oxygen atoms in total. The van der Waals surface area contributed by atoms with E-state index in [4.69, 9.17) is 5.73 Å². The maximum Gasteiger partial charge on any atom is 0.433 e. The standard InChI is InChI=1S/C11H8F3N3O/c12-11(13,14)8-6-9(18)17(10(15)16-8)7-4-2-1-3-5-7/h1-6H,(H2,15,16). The highest BCUT2D eigenvalue weighted by molar-refractivity contribution is 5.39. The van der Waals surface area contributed by atoms with Gasteiger partial charge in [0.25, 0.3) is 5.56 Å². The normalized spacial score (nSPS) is 11.5. The molecule has 18 heavy (non-hydrogen) atoms. The number of aromatic nitrogens is 2. The third kappa shape index (κ3) is 2.20. The van der Waals surface area contributed by atoms with E-state index in [0.29, 0.717) is 11.8 Å². The summed E-state index contributed by atoms with van der Waals surface area (Å²) in [6, 6.07) is 8.50. The minimum absolute atomic E-state index is 0.362. The second-order valence-electron chi connectivity index (χ2n) is 3.51. The zero-order valence-corrected chi connectivity index (χ0v) is 8.98. The van der Waals surface area contributed by atoms with E-state index >= 15 is 0 Å². The molecule has 0 aliphatic carbocycles. The molecule has 2 aromatic rings. The van der Waals surface area contributed by atoms with E-state index in [1.807, 2.05) is 0 Å². The van der Waals surface area contributed by atoms with Gasteiger partial charge in [0, 0.05) is 6.07 Å². The summed E-state index contributed by atoms with van der Waals surface area (Å²) >= 11 is 0. The topological polar surface area (TPSA) is 60.9 Å². The maximum absolute atomic E-state index is 12.4. The fourth-order valence-electron chi connectivity index (χ4n) is 1.48. The highest BCUT2D eigenvalue weighted by Crippen LogP contribution is 2.27. The minimum atomic E-state index is -4.69. The van der Waals surface area contributed by atoms with Crippen LogP contribution in [0, 0.1) is 0 Å². The molecule has 2 rings (SSSR count). The van der Waals surface area contributed by atoms with Crippen molar-refractivity contribution in [2.75, 3.05) is 5.73 Å². The molecule has 94 valence electrons. The first kappa shape index (κ1) is 12.2. The van der Waals surface area contributed by atoms with Gasteiger partial charge < -0.3 is 5.73 Å². The lowest BCUT2D eigenvalue weighted by molar-refractivity contribution is -0.141. The molecule has 0 amide bonds. The van der Waals surface area contributed by atoms with Crippen molar-refractivity contribution in [3.8, 4) is 5.69 Å². The average molecular weight is 255 g/mol. The summed E-state index contributed by atoms with van der Waals surface area (Å²) in [5, 5.41) is 0. The Labute approximate surface area is 99.5 Å². The summed E-state index contributed by atoms with van der Waals surface area (Å²) in [5.74, 6) is -0.499. The first-order valence-corrected chi connectivity index (χ1v) is 4.92. The lowest BCUT2D eigenvalue weighted by atomic mass is 10.3. The van der Waals surface area contributed by atoms with Gasteiger partial charge in [-0.15, -0.1) is 0 Å². The van der Waals surface area contributed by atoms with Crippen LogP contribution in [0.3, 0.4) is 0 Å². The van der Waals surface area contributed by atoms with E-state index in [2.05, 4.69) is 4.98 Å². The molecule has 0 aliphatic rings. The Kier molecular flexibility index (Phi) is 2.82. The van der Waals surface area contributed by atoms with Crippen LogP contribution in [0.15, 0.2) is 41.2 Å². The van der Waals surface area contributed by atoms with Gasteiger partial charge in [-0.25, -0.2) is 9.55 Å². The van der Waals surface area contributed by atoms with E-state index < -0.39 is 23.4 Å². The Balaban J connectivity index is 2.63. The number of hydrogen-bond donors (Lipinski definition) is 1. The Bertz CT molecular complexity index is 620. The van der Waals surface area contributed by atoms with Crippen molar-refractivity contribution in [1.29, 1.82) is 0 Å². The predicted octanol–water partition coefficient (Wildman–Crippen LogP) is 1.83. The highest BCUT2D eigenvalue weighted by Gasteiger charge is 2.33. The van der Waals surface area contributed by atoms with Gasteiger partial charge in [-0.2, -0.15) is 13.2 Å². The molecule has 1 aromatic heterocycles. The van der Waals surface area contributed by atoms with Crippen molar-refractivity contribution in [3.63, 3.8) is 0 Å². The van der Waals surface area contributed by atoms with E-state index in [1.54, 1.807) is 30.3 Å². The molecule has 0 saturated heterocycles. The van der Waals surface area contributed by atoms with E-state index in [1.165, 1.54) is 0 Å². The van der Waals surface area contributed by atoms with Crippen molar-refractivity contribution >= 4 is 5.95 Å². The van der Waals surface area contributed by atoms with Crippen molar-refractivity contribution in [2.24, 2.45) is 0 Å². The number of alkyl halides is 3. The Morgan fingerprint density at radius 1 is 1.17 bits per heavy atom. The number of nitrogens with zero attached hydrogens (tertiary/aromatic N) is 2. The second-order valence-corrected chi connectivity index (χ2v) is 3.51. The molecule has 0 saturated carbocycles. The monoisotopic (exact) mass is 255 g/mol. The van der Waals surface area contributed by atoms with Gasteiger partial charge in [0.05, 0.1) is 5.69 Å². The fourth-order valence-corrected chi connectivity index (χ4v) is 1.48. The van der Waals surface area contributed by atoms with Crippen molar-refractivity contribution in [3.05, 3.63) is 52.4 Å². The van der Waals surface area contributed by atoms with Crippen LogP contribution in [0.25, 0.3) is 5.69 Å². The summed E-state index contributed by atoms with van der Waals surface area (Å²) in [6.45, 7) is 0. The first-order chi connectivity index (χ1) is 8.39. The summed E-state index contributed by atoms with van der Waals surface area (Å²) in [5.41, 5.74) is 3.60. The average Bonchev–Trinajstić information content (AvgIpc) is 2.28. The highest BCUT2D eigenvalue weighted by atomic mass is 19.4. The molecule has 1 heterocycles. The van der Waals surface area contributed by atoms with Gasteiger partial charge in [-0.3, -0.25) is 4.79 Å². The Morgan fingerprint density at radius 2 is 1.78 bits per heavy atom.